The maximum absolute atomic E-state index is 9.50. The monoisotopic (exact) mass is 244 g/mol. The molecule has 1 unspecified atom stereocenters. The largest absolute Gasteiger partial charge is 0.493 e. The van der Waals surface area contributed by atoms with Crippen LogP contribution in [0.1, 0.15) is 25.5 Å². The van der Waals surface area contributed by atoms with Gasteiger partial charge in [0, 0.05) is 10.0 Å². The molecule has 1 rings (SSSR count). The molecule has 0 bridgehead atoms. The second-order valence-corrected chi connectivity index (χ2v) is 3.61. The van der Waals surface area contributed by atoms with Gasteiger partial charge in [0.05, 0.1) is 12.7 Å². The van der Waals surface area contributed by atoms with Crippen LogP contribution in [0.3, 0.4) is 0 Å². The normalized spacial score (nSPS) is 12.6. The van der Waals surface area contributed by atoms with Crippen molar-refractivity contribution < 1.29 is 9.84 Å². The Morgan fingerprint density at radius 1 is 1.54 bits per heavy atom. The van der Waals surface area contributed by atoms with Crippen LogP contribution in [-0.2, 0) is 0 Å². The molecule has 13 heavy (non-hydrogen) atoms. The predicted molar refractivity (Wildman–Crippen MR) is 55.9 cm³/mol. The number of halogens is 1. The number of aliphatic hydroxyl groups excluding tert-OH is 1. The molecule has 72 valence electrons. The summed E-state index contributed by atoms with van der Waals surface area (Å²) in [6.07, 6.45) is -0.517. The van der Waals surface area contributed by atoms with Gasteiger partial charge in [-0.2, -0.15) is 0 Å². The van der Waals surface area contributed by atoms with E-state index in [1.807, 2.05) is 25.1 Å². The summed E-state index contributed by atoms with van der Waals surface area (Å²) >= 11 is 3.38. The molecule has 1 aromatic rings. The quantitative estimate of drug-likeness (QED) is 0.887. The molecular formula is C10H13BrO2. The van der Waals surface area contributed by atoms with Gasteiger partial charge >= 0.3 is 0 Å². The fourth-order valence-electron chi connectivity index (χ4n) is 1.20. The summed E-state index contributed by atoms with van der Waals surface area (Å²) in [7, 11) is 0. The zero-order valence-corrected chi connectivity index (χ0v) is 9.34. The Morgan fingerprint density at radius 2 is 2.23 bits per heavy atom. The number of aliphatic hydroxyl groups is 1. The Bertz CT molecular complexity index is 284. The van der Waals surface area contributed by atoms with Crippen molar-refractivity contribution in [1.82, 2.24) is 0 Å². The van der Waals surface area contributed by atoms with Crippen molar-refractivity contribution in [1.29, 1.82) is 0 Å². The third kappa shape index (κ3) is 2.45. The smallest absolute Gasteiger partial charge is 0.126 e. The molecule has 0 amide bonds. The Labute approximate surface area is 86.7 Å². The summed E-state index contributed by atoms with van der Waals surface area (Å²) in [5.41, 5.74) is 0.810. The van der Waals surface area contributed by atoms with Crippen molar-refractivity contribution in [3.8, 4) is 5.75 Å². The molecule has 0 radical (unpaired) electrons. The first kappa shape index (κ1) is 10.5. The van der Waals surface area contributed by atoms with Gasteiger partial charge in [-0.25, -0.2) is 0 Å². The number of benzene rings is 1. The summed E-state index contributed by atoms with van der Waals surface area (Å²) in [6, 6.07) is 5.64. The lowest BCUT2D eigenvalue weighted by Gasteiger charge is -2.13. The fourth-order valence-corrected chi connectivity index (χ4v) is 1.88. The molecule has 0 spiro atoms. The second-order valence-electron chi connectivity index (χ2n) is 2.76. The average Bonchev–Trinajstić information content (AvgIpc) is 2.04. The van der Waals surface area contributed by atoms with Crippen molar-refractivity contribution in [2.24, 2.45) is 0 Å². The van der Waals surface area contributed by atoms with Crippen LogP contribution in [0, 0.1) is 0 Å². The second kappa shape index (κ2) is 4.63. The zero-order chi connectivity index (χ0) is 9.84. The van der Waals surface area contributed by atoms with Gasteiger partial charge in [0.15, 0.2) is 0 Å². The van der Waals surface area contributed by atoms with Crippen LogP contribution in [0.25, 0.3) is 0 Å². The maximum atomic E-state index is 9.50. The van der Waals surface area contributed by atoms with E-state index in [4.69, 9.17) is 4.74 Å². The van der Waals surface area contributed by atoms with Gasteiger partial charge in [-0.3, -0.25) is 0 Å². The van der Waals surface area contributed by atoms with E-state index in [-0.39, 0.29) is 0 Å². The average molecular weight is 245 g/mol. The molecule has 0 fully saturated rings. The van der Waals surface area contributed by atoms with Crippen molar-refractivity contribution in [3.05, 3.63) is 28.2 Å². The molecule has 1 aromatic carbocycles. The van der Waals surface area contributed by atoms with Gasteiger partial charge in [0.25, 0.3) is 0 Å². The van der Waals surface area contributed by atoms with E-state index in [1.165, 1.54) is 0 Å². The summed E-state index contributed by atoms with van der Waals surface area (Å²) in [5, 5.41) is 9.50. The zero-order valence-electron chi connectivity index (χ0n) is 7.75. The van der Waals surface area contributed by atoms with Gasteiger partial charge in [-0.05, 0) is 26.0 Å². The molecule has 0 aliphatic heterocycles. The van der Waals surface area contributed by atoms with Crippen molar-refractivity contribution in [3.63, 3.8) is 0 Å². The molecule has 1 atom stereocenters. The van der Waals surface area contributed by atoms with Gasteiger partial charge in [0.1, 0.15) is 5.75 Å². The summed E-state index contributed by atoms with van der Waals surface area (Å²) in [4.78, 5) is 0. The lowest BCUT2D eigenvalue weighted by molar-refractivity contribution is 0.191. The van der Waals surface area contributed by atoms with E-state index in [0.29, 0.717) is 6.61 Å². The highest BCUT2D eigenvalue weighted by molar-refractivity contribution is 9.10. The van der Waals surface area contributed by atoms with Crippen LogP contribution in [0.5, 0.6) is 5.75 Å². The highest BCUT2D eigenvalue weighted by Gasteiger charge is 2.11. The SMILES string of the molecule is CCOc1cccc(Br)c1C(C)O. The van der Waals surface area contributed by atoms with Crippen LogP contribution in [-0.4, -0.2) is 11.7 Å². The van der Waals surface area contributed by atoms with E-state index in [1.54, 1.807) is 6.92 Å². The van der Waals surface area contributed by atoms with Crippen LogP contribution < -0.4 is 4.74 Å². The third-order valence-corrected chi connectivity index (χ3v) is 2.42. The molecule has 3 heteroatoms. The maximum Gasteiger partial charge on any atom is 0.126 e. The molecule has 0 aliphatic carbocycles. The topological polar surface area (TPSA) is 29.5 Å². The van der Waals surface area contributed by atoms with Crippen LogP contribution in [0.4, 0.5) is 0 Å². The van der Waals surface area contributed by atoms with Gasteiger partial charge in [0.2, 0.25) is 0 Å². The lowest BCUT2D eigenvalue weighted by Crippen LogP contribution is -2.00. The van der Waals surface area contributed by atoms with E-state index < -0.39 is 6.10 Å². The van der Waals surface area contributed by atoms with Gasteiger partial charge < -0.3 is 9.84 Å². The van der Waals surface area contributed by atoms with Crippen LogP contribution >= 0.6 is 15.9 Å². The third-order valence-electron chi connectivity index (χ3n) is 1.73. The minimum absolute atomic E-state index is 0.517. The first-order chi connectivity index (χ1) is 6.16. The Morgan fingerprint density at radius 3 is 2.77 bits per heavy atom. The first-order valence-electron chi connectivity index (χ1n) is 4.26. The van der Waals surface area contributed by atoms with E-state index in [9.17, 15) is 5.11 Å². The Balaban J connectivity index is 3.10. The van der Waals surface area contributed by atoms with Crippen LogP contribution in [0.2, 0.25) is 0 Å². The van der Waals surface area contributed by atoms with E-state index in [2.05, 4.69) is 15.9 Å². The standard InChI is InChI=1S/C10H13BrO2/c1-3-13-9-6-4-5-8(11)10(9)7(2)12/h4-7,12H,3H2,1-2H3. The number of hydrogen-bond acceptors (Lipinski definition) is 2. The summed E-state index contributed by atoms with van der Waals surface area (Å²) in [5.74, 6) is 0.742. The molecule has 0 heterocycles. The number of rotatable bonds is 3. The van der Waals surface area contributed by atoms with E-state index >= 15 is 0 Å². The van der Waals surface area contributed by atoms with Gasteiger partial charge in [-0.1, -0.05) is 22.0 Å². The first-order valence-corrected chi connectivity index (χ1v) is 5.05. The van der Waals surface area contributed by atoms with E-state index in [0.717, 1.165) is 15.8 Å². The van der Waals surface area contributed by atoms with Crippen molar-refractivity contribution in [2.45, 2.75) is 20.0 Å². The Kier molecular flexibility index (Phi) is 3.75. The highest BCUT2D eigenvalue weighted by atomic mass is 79.9. The molecule has 0 saturated carbocycles. The molecular weight excluding hydrogens is 232 g/mol. The molecule has 0 aromatic heterocycles. The number of ether oxygens (including phenoxy) is 1. The van der Waals surface area contributed by atoms with Crippen molar-refractivity contribution in [2.75, 3.05) is 6.61 Å². The number of hydrogen-bond donors (Lipinski definition) is 1. The minimum Gasteiger partial charge on any atom is -0.493 e. The van der Waals surface area contributed by atoms with Gasteiger partial charge in [-0.15, -0.1) is 0 Å². The fraction of sp³-hybridized carbons (Fsp3) is 0.400. The van der Waals surface area contributed by atoms with Crippen LogP contribution in [0.15, 0.2) is 22.7 Å². The summed E-state index contributed by atoms with van der Waals surface area (Å²) in [6.45, 7) is 4.26. The highest BCUT2D eigenvalue weighted by Crippen LogP contribution is 2.32. The molecule has 0 aliphatic rings. The lowest BCUT2D eigenvalue weighted by atomic mass is 10.1. The predicted octanol–water partition coefficient (Wildman–Crippen LogP) is 2.90. The molecule has 2 nitrogen and oxygen atoms in total. The van der Waals surface area contributed by atoms with Crippen molar-refractivity contribution >= 4 is 15.9 Å². The molecule has 1 N–H and O–H groups in total. The Hall–Kier alpha value is -0.540. The summed E-state index contributed by atoms with van der Waals surface area (Å²) < 4.78 is 6.27. The minimum atomic E-state index is -0.517. The molecule has 0 saturated heterocycles.